The Morgan fingerprint density at radius 3 is 2.33 bits per heavy atom. The van der Waals surface area contributed by atoms with Gasteiger partial charge in [0.05, 0.1) is 18.2 Å². The van der Waals surface area contributed by atoms with Crippen LogP contribution in [0.15, 0.2) is 71.5 Å². The van der Waals surface area contributed by atoms with Crippen LogP contribution < -0.4 is 14.5 Å². The van der Waals surface area contributed by atoms with Crippen molar-refractivity contribution < 1.29 is 14.4 Å². The van der Waals surface area contributed by atoms with E-state index >= 15 is 0 Å². The molecule has 5 rings (SSSR count). The number of hydrogen-bond acceptors (Lipinski definition) is 3. The Labute approximate surface area is 242 Å². The van der Waals surface area contributed by atoms with Gasteiger partial charge in [-0.2, -0.15) is 0 Å². The van der Waals surface area contributed by atoms with E-state index in [0.717, 1.165) is 44.7 Å². The number of hydrogen-bond donors (Lipinski definition) is 1. The van der Waals surface area contributed by atoms with E-state index < -0.39 is 0 Å². The van der Waals surface area contributed by atoms with Crippen LogP contribution in [0.3, 0.4) is 0 Å². The Morgan fingerprint density at radius 2 is 1.62 bits per heavy atom. The molecule has 0 amide bonds. The lowest BCUT2D eigenvalue weighted by atomic mass is 9.81. The molecule has 1 unspecified atom stereocenters. The molecule has 1 aliphatic carbocycles. The molecule has 4 nitrogen and oxygen atoms in total. The van der Waals surface area contributed by atoms with Crippen molar-refractivity contribution in [3.8, 4) is 5.75 Å². The van der Waals surface area contributed by atoms with E-state index in [9.17, 15) is 0 Å². The van der Waals surface area contributed by atoms with Crippen molar-refractivity contribution in [2.45, 2.75) is 105 Å². The van der Waals surface area contributed by atoms with E-state index in [-0.39, 0.29) is 11.1 Å². The number of fused-ring (bicyclic) bond motifs is 1. The van der Waals surface area contributed by atoms with Crippen LogP contribution in [0.2, 0.25) is 0 Å². The maximum Gasteiger partial charge on any atom is 0.121 e. The number of ether oxygens (including phenoxy) is 2. The van der Waals surface area contributed by atoms with Crippen molar-refractivity contribution in [2.24, 2.45) is 0 Å². The van der Waals surface area contributed by atoms with E-state index in [1.165, 1.54) is 33.5 Å². The van der Waals surface area contributed by atoms with Crippen molar-refractivity contribution in [1.82, 2.24) is 0 Å². The molecule has 1 N–H and O–H groups in total. The Balaban J connectivity index is 1.38. The molecule has 0 radical (unpaired) electrons. The molecule has 0 saturated heterocycles. The second kappa shape index (κ2) is 11.2. The fourth-order valence-electron chi connectivity index (χ4n) is 7.23. The lowest BCUT2D eigenvalue weighted by Crippen LogP contribution is -3.17. The summed E-state index contributed by atoms with van der Waals surface area (Å²) in [5.41, 5.74) is 11.2. The predicted molar refractivity (Wildman–Crippen MR) is 167 cm³/mol. The van der Waals surface area contributed by atoms with Gasteiger partial charge in [0, 0.05) is 48.0 Å². The van der Waals surface area contributed by atoms with Gasteiger partial charge in [0.25, 0.3) is 0 Å². The van der Waals surface area contributed by atoms with E-state index in [0.29, 0.717) is 12.7 Å². The molecule has 0 saturated carbocycles. The summed E-state index contributed by atoms with van der Waals surface area (Å²) in [7, 11) is 0. The molecule has 2 heterocycles. The zero-order valence-corrected chi connectivity index (χ0v) is 26.0. The van der Waals surface area contributed by atoms with E-state index in [2.05, 4.69) is 108 Å². The summed E-state index contributed by atoms with van der Waals surface area (Å²) in [5.74, 6) is 0.937. The lowest BCUT2D eigenvalue weighted by molar-refractivity contribution is -0.921. The van der Waals surface area contributed by atoms with Gasteiger partial charge < -0.3 is 14.4 Å². The number of rotatable bonds is 8. The van der Waals surface area contributed by atoms with Gasteiger partial charge in [-0.05, 0) is 103 Å². The molecule has 4 heteroatoms. The number of anilines is 1. The Morgan fingerprint density at radius 1 is 0.900 bits per heavy atom. The third-order valence-electron chi connectivity index (χ3n) is 9.12. The molecule has 214 valence electrons. The van der Waals surface area contributed by atoms with Crippen LogP contribution in [0, 0.1) is 0 Å². The highest BCUT2D eigenvalue weighted by atomic mass is 16.5. The van der Waals surface area contributed by atoms with Crippen LogP contribution in [-0.2, 0) is 17.8 Å². The van der Waals surface area contributed by atoms with Crippen LogP contribution in [0.5, 0.6) is 5.75 Å². The third-order valence-corrected chi connectivity index (χ3v) is 9.12. The maximum absolute atomic E-state index is 6.11. The quantitative estimate of drug-likeness (QED) is 0.381. The summed E-state index contributed by atoms with van der Waals surface area (Å²) in [6.45, 7) is 21.4. The van der Waals surface area contributed by atoms with E-state index in [1.54, 1.807) is 16.2 Å². The van der Waals surface area contributed by atoms with Crippen molar-refractivity contribution >= 4 is 11.3 Å². The van der Waals surface area contributed by atoms with Crippen molar-refractivity contribution in [3.05, 3.63) is 88.2 Å². The van der Waals surface area contributed by atoms with Gasteiger partial charge in [-0.25, -0.2) is 0 Å². The minimum atomic E-state index is -0.0896. The van der Waals surface area contributed by atoms with Gasteiger partial charge in [0.15, 0.2) is 0 Å². The van der Waals surface area contributed by atoms with Gasteiger partial charge in [0.1, 0.15) is 23.5 Å². The molecule has 2 aromatic carbocycles. The summed E-state index contributed by atoms with van der Waals surface area (Å²) in [4.78, 5) is 4.09. The van der Waals surface area contributed by atoms with Crippen LogP contribution in [0.4, 0.5) is 5.69 Å². The van der Waals surface area contributed by atoms with Gasteiger partial charge in [-0.15, -0.1) is 0 Å². The first kappa shape index (κ1) is 28.7. The minimum Gasteiger partial charge on any atom is -0.494 e. The Hall–Kier alpha value is -2.82. The monoisotopic (exact) mass is 541 g/mol. The number of allylic oxidation sites excluding steroid dienone is 3. The average Bonchev–Trinajstić information content (AvgIpc) is 2.89. The molecule has 0 spiro atoms. The number of benzene rings is 2. The standard InChI is InChI=1S/C36H48N2O2/c1-9-39-29-15-17-31-25(3)21-35(5,6)37(33(31)19-29)23-27-11-13-28(14-12-27)24-38-34-20-30(40-10-2)16-18-32(34)26(4)22-36(38,7)8/h11-15,17,19,21-22,30H,9-10,16,18,20,23-24H2,1-8H3/p+1/t30-/m0/s1. The summed E-state index contributed by atoms with van der Waals surface area (Å²) in [6, 6.07) is 15.9. The predicted octanol–water partition coefficient (Wildman–Crippen LogP) is 7.25. The molecule has 2 aromatic rings. The Bertz CT molecular complexity index is 1330. The zero-order valence-electron chi connectivity index (χ0n) is 26.0. The highest BCUT2D eigenvalue weighted by Crippen LogP contribution is 2.41. The molecule has 3 aliphatic rings. The second-order valence-corrected chi connectivity index (χ2v) is 13.0. The first-order valence-electron chi connectivity index (χ1n) is 15.2. The third kappa shape index (κ3) is 5.66. The second-order valence-electron chi connectivity index (χ2n) is 13.0. The zero-order chi connectivity index (χ0) is 28.7. The van der Waals surface area contributed by atoms with Crippen LogP contribution in [0.1, 0.15) is 91.3 Å². The van der Waals surface area contributed by atoms with Crippen molar-refractivity contribution in [1.29, 1.82) is 0 Å². The molecule has 2 aliphatic heterocycles. The fourth-order valence-corrected chi connectivity index (χ4v) is 7.23. The largest absolute Gasteiger partial charge is 0.494 e. The SMILES string of the molecule is CCOc1ccc2c(c1)N(Cc1ccc(C[NH+]3C4=C(CC[C@H](OCC)C4)C(C)=CC3(C)C)cc1)C(C)(C)C=C2C. The van der Waals surface area contributed by atoms with Crippen molar-refractivity contribution in [3.63, 3.8) is 0 Å². The Kier molecular flexibility index (Phi) is 8.05. The highest BCUT2D eigenvalue weighted by Gasteiger charge is 2.41. The normalized spacial score (nSPS) is 23.2. The van der Waals surface area contributed by atoms with Gasteiger partial charge in [-0.1, -0.05) is 30.3 Å². The first-order valence-corrected chi connectivity index (χ1v) is 15.2. The number of nitrogens with one attached hydrogen (secondary N) is 1. The molecular formula is C36H49N2O2+. The topological polar surface area (TPSA) is 26.1 Å². The molecular weight excluding hydrogens is 492 g/mol. The van der Waals surface area contributed by atoms with E-state index in [1.807, 2.05) is 6.92 Å². The van der Waals surface area contributed by atoms with Gasteiger partial charge in [0.2, 0.25) is 0 Å². The fraction of sp³-hybridized carbons (Fsp3) is 0.500. The van der Waals surface area contributed by atoms with Crippen LogP contribution >= 0.6 is 0 Å². The first-order chi connectivity index (χ1) is 19.0. The summed E-state index contributed by atoms with van der Waals surface area (Å²) >= 11 is 0. The highest BCUT2D eigenvalue weighted by molar-refractivity contribution is 5.82. The molecule has 0 bridgehead atoms. The smallest absolute Gasteiger partial charge is 0.121 e. The minimum absolute atomic E-state index is 0.0552. The average molecular weight is 542 g/mol. The molecule has 0 fully saturated rings. The van der Waals surface area contributed by atoms with Crippen molar-refractivity contribution in [2.75, 3.05) is 18.1 Å². The summed E-state index contributed by atoms with van der Waals surface area (Å²) in [5, 5.41) is 0. The van der Waals surface area contributed by atoms with Gasteiger partial charge in [-0.3, -0.25) is 4.90 Å². The number of nitrogens with zero attached hydrogens (tertiary/aromatic N) is 1. The summed E-state index contributed by atoms with van der Waals surface area (Å²) < 4.78 is 12.0. The molecule has 40 heavy (non-hydrogen) atoms. The molecule has 0 aromatic heterocycles. The van der Waals surface area contributed by atoms with Crippen LogP contribution in [0.25, 0.3) is 5.57 Å². The molecule has 2 atom stereocenters. The van der Waals surface area contributed by atoms with Crippen LogP contribution in [-0.4, -0.2) is 30.4 Å². The maximum atomic E-state index is 6.11. The number of quaternary nitrogens is 1. The lowest BCUT2D eigenvalue weighted by Gasteiger charge is -2.43. The van der Waals surface area contributed by atoms with E-state index in [4.69, 9.17) is 9.47 Å². The summed E-state index contributed by atoms with van der Waals surface area (Å²) in [6.07, 6.45) is 8.56. The van der Waals surface area contributed by atoms with Gasteiger partial charge >= 0.3 is 0 Å².